The maximum absolute atomic E-state index is 13.7. The van der Waals surface area contributed by atoms with Gasteiger partial charge in [-0.25, -0.2) is 9.18 Å². The molecule has 1 heterocycles. The first kappa shape index (κ1) is 14.8. The van der Waals surface area contributed by atoms with Crippen LogP contribution in [-0.4, -0.2) is 42.1 Å². The second-order valence-corrected chi connectivity index (χ2v) is 4.58. The highest BCUT2D eigenvalue weighted by molar-refractivity contribution is 5.99. The quantitative estimate of drug-likeness (QED) is 0.755. The van der Waals surface area contributed by atoms with E-state index in [1.807, 2.05) is 0 Å². The van der Waals surface area contributed by atoms with E-state index in [2.05, 4.69) is 10.6 Å². The molecule has 0 bridgehead atoms. The Kier molecular flexibility index (Phi) is 4.06. The van der Waals surface area contributed by atoms with Gasteiger partial charge in [-0.15, -0.1) is 0 Å². The molecule has 3 N–H and O–H groups in total. The third-order valence-electron chi connectivity index (χ3n) is 3.08. The van der Waals surface area contributed by atoms with Crippen LogP contribution in [0, 0.1) is 5.82 Å². The summed E-state index contributed by atoms with van der Waals surface area (Å²) in [5.74, 6) is -2.85. The van der Waals surface area contributed by atoms with Crippen molar-refractivity contribution in [2.24, 2.45) is 0 Å². The molecule has 1 fully saturated rings. The Hall–Kier alpha value is -2.64. The molecule has 0 spiro atoms. The Morgan fingerprint density at radius 2 is 2.19 bits per heavy atom. The molecule has 112 valence electrons. The van der Waals surface area contributed by atoms with E-state index in [1.54, 1.807) is 0 Å². The van der Waals surface area contributed by atoms with E-state index in [9.17, 15) is 18.8 Å². The van der Waals surface area contributed by atoms with Crippen LogP contribution in [-0.2, 0) is 4.79 Å². The van der Waals surface area contributed by atoms with Crippen molar-refractivity contribution in [2.45, 2.75) is 13.0 Å². The van der Waals surface area contributed by atoms with Gasteiger partial charge >= 0.3 is 12.0 Å². The van der Waals surface area contributed by atoms with Crippen molar-refractivity contribution < 1.29 is 23.9 Å². The molecule has 8 heteroatoms. The molecular formula is C13H14FN3O4. The zero-order chi connectivity index (χ0) is 15.6. The zero-order valence-electron chi connectivity index (χ0n) is 11.2. The second kappa shape index (κ2) is 5.78. The Labute approximate surface area is 119 Å². The van der Waals surface area contributed by atoms with Gasteiger partial charge in [-0.3, -0.25) is 14.5 Å². The van der Waals surface area contributed by atoms with E-state index < -0.39 is 23.7 Å². The summed E-state index contributed by atoms with van der Waals surface area (Å²) in [4.78, 5) is 35.5. The Bertz CT molecular complexity index is 605. The smallest absolute Gasteiger partial charge is 0.325 e. The van der Waals surface area contributed by atoms with Gasteiger partial charge in [0.15, 0.2) is 0 Å². The maximum atomic E-state index is 13.7. The summed E-state index contributed by atoms with van der Waals surface area (Å²) in [5.41, 5.74) is 0.0693. The zero-order valence-corrected chi connectivity index (χ0v) is 11.2. The third-order valence-corrected chi connectivity index (χ3v) is 3.08. The number of carbonyl (C=O) groups excluding carboxylic acids is 2. The number of rotatable bonds is 4. The lowest BCUT2D eigenvalue weighted by atomic mass is 10.1. The van der Waals surface area contributed by atoms with E-state index in [0.717, 1.165) is 6.07 Å². The van der Waals surface area contributed by atoms with Crippen molar-refractivity contribution in [3.8, 4) is 0 Å². The number of aliphatic carboxylic acids is 1. The van der Waals surface area contributed by atoms with Crippen molar-refractivity contribution >= 4 is 23.6 Å². The number of urea groups is 1. The number of hydrogen-bond acceptors (Lipinski definition) is 3. The minimum atomic E-state index is -1.22. The molecule has 7 nitrogen and oxygen atoms in total. The number of hydrogen-bond donors (Lipinski definition) is 3. The Morgan fingerprint density at radius 1 is 1.48 bits per heavy atom. The molecule has 0 saturated carbocycles. The lowest BCUT2D eigenvalue weighted by Gasteiger charge is -2.16. The van der Waals surface area contributed by atoms with E-state index in [0.29, 0.717) is 18.8 Å². The third kappa shape index (κ3) is 3.10. The number of carboxylic acid groups (broad SMARTS) is 1. The van der Waals surface area contributed by atoms with E-state index in [-0.39, 0.29) is 11.6 Å². The van der Waals surface area contributed by atoms with Crippen LogP contribution in [0.1, 0.15) is 17.3 Å². The lowest BCUT2D eigenvalue weighted by molar-refractivity contribution is -0.138. The first-order chi connectivity index (χ1) is 9.90. The molecule has 1 unspecified atom stereocenters. The normalized spacial score (nSPS) is 15.5. The van der Waals surface area contributed by atoms with Gasteiger partial charge in [0.25, 0.3) is 5.91 Å². The second-order valence-electron chi connectivity index (χ2n) is 4.58. The van der Waals surface area contributed by atoms with E-state index in [4.69, 9.17) is 5.11 Å². The molecule has 1 aliphatic rings. The van der Waals surface area contributed by atoms with Gasteiger partial charge < -0.3 is 15.7 Å². The highest BCUT2D eigenvalue weighted by atomic mass is 19.1. The molecule has 0 aromatic heterocycles. The summed E-state index contributed by atoms with van der Waals surface area (Å²) in [6.45, 7) is 2.15. The number of carboxylic acids is 1. The molecule has 1 aromatic rings. The first-order valence-electron chi connectivity index (χ1n) is 6.28. The van der Waals surface area contributed by atoms with Crippen molar-refractivity contribution in [2.75, 3.05) is 18.0 Å². The average Bonchev–Trinajstić information content (AvgIpc) is 2.85. The highest BCUT2D eigenvalue weighted by Crippen LogP contribution is 2.20. The van der Waals surface area contributed by atoms with Crippen LogP contribution in [0.3, 0.4) is 0 Å². The lowest BCUT2D eigenvalue weighted by Crippen LogP contribution is -2.38. The fourth-order valence-corrected chi connectivity index (χ4v) is 1.91. The van der Waals surface area contributed by atoms with Crippen LogP contribution < -0.4 is 15.5 Å². The SMILES string of the molecule is CC(NC(=O)c1cc(N2CCNC2=O)ccc1F)C(=O)O. The fourth-order valence-electron chi connectivity index (χ4n) is 1.91. The van der Waals surface area contributed by atoms with Gasteiger partial charge in [0.2, 0.25) is 0 Å². The van der Waals surface area contributed by atoms with Crippen LogP contribution in [0.5, 0.6) is 0 Å². The maximum Gasteiger partial charge on any atom is 0.325 e. The molecule has 0 aliphatic carbocycles. The molecule has 1 aromatic carbocycles. The molecule has 0 radical (unpaired) electrons. The summed E-state index contributed by atoms with van der Waals surface area (Å²) in [6, 6.07) is 2.21. The predicted octanol–water partition coefficient (Wildman–Crippen LogP) is 0.558. The van der Waals surface area contributed by atoms with Crippen molar-refractivity contribution in [1.82, 2.24) is 10.6 Å². The topological polar surface area (TPSA) is 98.7 Å². The minimum Gasteiger partial charge on any atom is -0.480 e. The molecule has 1 saturated heterocycles. The summed E-state index contributed by atoms with van der Waals surface area (Å²) in [7, 11) is 0. The number of nitrogens with one attached hydrogen (secondary N) is 2. The number of nitrogens with zero attached hydrogens (tertiary/aromatic N) is 1. The van der Waals surface area contributed by atoms with Crippen LogP contribution in [0.2, 0.25) is 0 Å². The number of anilines is 1. The van der Waals surface area contributed by atoms with Crippen LogP contribution in [0.25, 0.3) is 0 Å². The molecule has 2 rings (SSSR count). The monoisotopic (exact) mass is 295 g/mol. The van der Waals surface area contributed by atoms with Gasteiger partial charge in [-0.1, -0.05) is 0 Å². The van der Waals surface area contributed by atoms with Crippen LogP contribution in [0.4, 0.5) is 14.9 Å². The van der Waals surface area contributed by atoms with Crippen LogP contribution >= 0.6 is 0 Å². The van der Waals surface area contributed by atoms with Crippen molar-refractivity contribution in [3.63, 3.8) is 0 Å². The molecule has 1 atom stereocenters. The van der Waals surface area contributed by atoms with Crippen LogP contribution in [0.15, 0.2) is 18.2 Å². The van der Waals surface area contributed by atoms with Gasteiger partial charge in [-0.2, -0.15) is 0 Å². The van der Waals surface area contributed by atoms with E-state index >= 15 is 0 Å². The Morgan fingerprint density at radius 3 is 2.76 bits per heavy atom. The van der Waals surface area contributed by atoms with Gasteiger partial charge in [-0.05, 0) is 25.1 Å². The fraction of sp³-hybridized carbons (Fsp3) is 0.308. The standard InChI is InChI=1S/C13H14FN3O4/c1-7(12(19)20)16-11(18)9-6-8(2-3-10(9)14)17-5-4-15-13(17)21/h2-3,6-7H,4-5H2,1H3,(H,15,21)(H,16,18)(H,19,20). The average molecular weight is 295 g/mol. The summed E-state index contributed by atoms with van der Waals surface area (Å²) in [5, 5.41) is 13.5. The van der Waals surface area contributed by atoms with Gasteiger partial charge in [0.1, 0.15) is 11.9 Å². The molecule has 3 amide bonds. The molecular weight excluding hydrogens is 281 g/mol. The predicted molar refractivity (Wildman–Crippen MR) is 71.7 cm³/mol. The summed E-state index contributed by atoms with van der Waals surface area (Å²) < 4.78 is 13.7. The Balaban J connectivity index is 2.25. The first-order valence-corrected chi connectivity index (χ1v) is 6.28. The largest absolute Gasteiger partial charge is 0.480 e. The number of benzene rings is 1. The highest BCUT2D eigenvalue weighted by Gasteiger charge is 2.24. The number of halogens is 1. The van der Waals surface area contributed by atoms with E-state index in [1.165, 1.54) is 24.0 Å². The van der Waals surface area contributed by atoms with Crippen molar-refractivity contribution in [1.29, 1.82) is 0 Å². The van der Waals surface area contributed by atoms with Gasteiger partial charge in [0.05, 0.1) is 5.56 Å². The number of amides is 3. The minimum absolute atomic E-state index is 0.305. The van der Waals surface area contributed by atoms with Crippen molar-refractivity contribution in [3.05, 3.63) is 29.6 Å². The van der Waals surface area contributed by atoms with Gasteiger partial charge in [0, 0.05) is 18.8 Å². The molecule has 21 heavy (non-hydrogen) atoms. The summed E-state index contributed by atoms with van der Waals surface area (Å²) >= 11 is 0. The summed E-state index contributed by atoms with van der Waals surface area (Å²) in [6.07, 6.45) is 0. The molecule has 1 aliphatic heterocycles. The number of carbonyl (C=O) groups is 3.